The summed E-state index contributed by atoms with van der Waals surface area (Å²) in [5, 5.41) is 0. The molecular weight excluding hydrogens is 325 g/mol. The van der Waals surface area contributed by atoms with E-state index in [0.717, 1.165) is 6.42 Å². The number of ether oxygens (including phenoxy) is 1. The second-order valence-electron chi connectivity index (χ2n) is 8.65. The maximum Gasteiger partial charge on any atom is 0.410 e. The lowest BCUT2D eigenvalue weighted by atomic mass is 10.1. The van der Waals surface area contributed by atoms with Crippen LogP contribution in [-0.2, 0) is 9.53 Å². The fourth-order valence-corrected chi connectivity index (χ4v) is 3.43. The Bertz CT molecular complexity index is 491. The smallest absolute Gasteiger partial charge is 0.410 e. The quantitative estimate of drug-likeness (QED) is 0.778. The monoisotopic (exact) mass is 357 g/mol. The van der Waals surface area contributed by atoms with Gasteiger partial charge in [0.1, 0.15) is 17.3 Å². The summed E-state index contributed by atoms with van der Waals surface area (Å²) in [5.74, 6) is -0.0116. The second-order valence-corrected chi connectivity index (χ2v) is 8.65. The summed E-state index contributed by atoms with van der Waals surface area (Å²) in [6.07, 6.45) is 1.07. The van der Waals surface area contributed by atoms with Gasteiger partial charge in [0.15, 0.2) is 0 Å². The molecule has 0 aliphatic carbocycles. The first-order valence-corrected chi connectivity index (χ1v) is 9.16. The summed E-state index contributed by atoms with van der Waals surface area (Å²) < 4.78 is 19.2. The van der Waals surface area contributed by atoms with E-state index in [4.69, 9.17) is 4.74 Å². The van der Waals surface area contributed by atoms with Crippen LogP contribution in [0.25, 0.3) is 0 Å². The van der Waals surface area contributed by atoms with Crippen molar-refractivity contribution in [3.05, 3.63) is 0 Å². The van der Waals surface area contributed by atoms with Crippen LogP contribution in [0.2, 0.25) is 0 Å². The van der Waals surface area contributed by atoms with E-state index in [2.05, 4.69) is 0 Å². The van der Waals surface area contributed by atoms with E-state index in [1.807, 2.05) is 25.7 Å². The molecule has 2 aliphatic heterocycles. The van der Waals surface area contributed by atoms with Crippen LogP contribution in [0.5, 0.6) is 0 Å². The molecule has 2 heterocycles. The topological polar surface area (TPSA) is 53.1 Å². The molecule has 0 aromatic rings. The highest BCUT2D eigenvalue weighted by molar-refractivity contribution is 5.86. The van der Waals surface area contributed by atoms with E-state index in [-0.39, 0.29) is 5.91 Å². The standard InChI is InChI=1S/C18H32FN3O3/c1-17(2,3)25-16(24)22-8-6-7-14(22)15(23)21-11-9-20(10-12-21)13-18(4,5)19/h14H,6-13H2,1-5H3/t14-/m0/s1. The molecule has 0 bridgehead atoms. The predicted molar refractivity (Wildman–Crippen MR) is 94.2 cm³/mol. The molecule has 0 aromatic carbocycles. The first kappa shape index (κ1) is 19.9. The fourth-order valence-electron chi connectivity index (χ4n) is 3.43. The molecule has 2 saturated heterocycles. The lowest BCUT2D eigenvalue weighted by molar-refractivity contribution is -0.137. The van der Waals surface area contributed by atoms with Gasteiger partial charge in [-0.3, -0.25) is 14.6 Å². The summed E-state index contributed by atoms with van der Waals surface area (Å²) in [7, 11) is 0. The van der Waals surface area contributed by atoms with E-state index >= 15 is 0 Å². The third kappa shape index (κ3) is 5.83. The number of rotatable bonds is 3. The van der Waals surface area contributed by atoms with Crippen LogP contribution < -0.4 is 0 Å². The van der Waals surface area contributed by atoms with Gasteiger partial charge < -0.3 is 9.64 Å². The minimum Gasteiger partial charge on any atom is -0.444 e. The van der Waals surface area contributed by atoms with Crippen molar-refractivity contribution in [3.8, 4) is 0 Å². The van der Waals surface area contributed by atoms with Gasteiger partial charge in [0, 0.05) is 39.3 Å². The summed E-state index contributed by atoms with van der Waals surface area (Å²) in [5.41, 5.74) is -1.80. The van der Waals surface area contributed by atoms with Crippen LogP contribution in [0.1, 0.15) is 47.5 Å². The molecule has 6 nitrogen and oxygen atoms in total. The third-order valence-corrected chi connectivity index (χ3v) is 4.45. The number of halogens is 1. The maximum atomic E-state index is 13.8. The van der Waals surface area contributed by atoms with Crippen LogP contribution in [-0.4, -0.2) is 83.3 Å². The van der Waals surface area contributed by atoms with Crippen LogP contribution in [0, 0.1) is 0 Å². The van der Waals surface area contributed by atoms with E-state index in [9.17, 15) is 14.0 Å². The zero-order valence-electron chi connectivity index (χ0n) is 16.2. The zero-order valence-corrected chi connectivity index (χ0v) is 16.2. The Balaban J connectivity index is 1.91. The van der Waals surface area contributed by atoms with Crippen LogP contribution in [0.4, 0.5) is 9.18 Å². The molecule has 2 amide bonds. The Hall–Kier alpha value is -1.37. The molecule has 144 valence electrons. The highest BCUT2D eigenvalue weighted by Crippen LogP contribution is 2.23. The Morgan fingerprint density at radius 3 is 2.16 bits per heavy atom. The normalized spacial score (nSPS) is 23.0. The van der Waals surface area contributed by atoms with Crippen LogP contribution >= 0.6 is 0 Å². The average Bonchev–Trinajstić information content (AvgIpc) is 2.93. The van der Waals surface area contributed by atoms with Gasteiger partial charge in [-0.25, -0.2) is 9.18 Å². The van der Waals surface area contributed by atoms with Crippen LogP contribution in [0.15, 0.2) is 0 Å². The average molecular weight is 357 g/mol. The van der Waals surface area contributed by atoms with Gasteiger partial charge in [-0.1, -0.05) is 0 Å². The number of alkyl halides is 1. The first-order valence-electron chi connectivity index (χ1n) is 9.16. The molecule has 7 heteroatoms. The van der Waals surface area contributed by atoms with E-state index in [1.165, 1.54) is 0 Å². The molecule has 0 N–H and O–H groups in total. The lowest BCUT2D eigenvalue weighted by Gasteiger charge is -2.38. The zero-order chi connectivity index (χ0) is 18.8. The molecule has 0 saturated carbocycles. The number of carbonyl (C=O) groups excluding carboxylic acids is 2. The van der Waals surface area contributed by atoms with E-state index in [1.54, 1.807) is 23.6 Å². The van der Waals surface area contributed by atoms with Crippen molar-refractivity contribution in [2.24, 2.45) is 0 Å². The van der Waals surface area contributed by atoms with Gasteiger partial charge in [-0.15, -0.1) is 0 Å². The van der Waals surface area contributed by atoms with Crippen molar-refractivity contribution in [3.63, 3.8) is 0 Å². The van der Waals surface area contributed by atoms with Gasteiger partial charge >= 0.3 is 6.09 Å². The van der Waals surface area contributed by atoms with Gasteiger partial charge in [0.25, 0.3) is 0 Å². The van der Waals surface area contributed by atoms with Crippen molar-refractivity contribution in [2.75, 3.05) is 39.3 Å². The van der Waals surface area contributed by atoms with Crippen molar-refractivity contribution in [1.29, 1.82) is 0 Å². The van der Waals surface area contributed by atoms with Gasteiger partial charge in [-0.05, 0) is 47.5 Å². The van der Waals surface area contributed by atoms with Gasteiger partial charge in [0.05, 0.1) is 0 Å². The molecule has 0 spiro atoms. The highest BCUT2D eigenvalue weighted by Gasteiger charge is 2.39. The van der Waals surface area contributed by atoms with E-state index in [0.29, 0.717) is 45.7 Å². The first-order chi connectivity index (χ1) is 11.5. The summed E-state index contributed by atoms with van der Waals surface area (Å²) >= 11 is 0. The molecule has 1 atom stereocenters. The molecule has 25 heavy (non-hydrogen) atoms. The summed E-state index contributed by atoms with van der Waals surface area (Å²) in [4.78, 5) is 30.6. The van der Waals surface area contributed by atoms with Crippen molar-refractivity contribution >= 4 is 12.0 Å². The van der Waals surface area contributed by atoms with Gasteiger partial charge in [0.2, 0.25) is 5.91 Å². The Morgan fingerprint density at radius 2 is 1.64 bits per heavy atom. The Kier molecular flexibility index (Phi) is 5.97. The number of piperazine rings is 1. The van der Waals surface area contributed by atoms with Crippen molar-refractivity contribution < 1.29 is 18.7 Å². The lowest BCUT2D eigenvalue weighted by Crippen LogP contribution is -2.55. The van der Waals surface area contributed by atoms with E-state index < -0.39 is 23.4 Å². The number of hydrogen-bond donors (Lipinski definition) is 0. The largest absolute Gasteiger partial charge is 0.444 e. The minimum absolute atomic E-state index is 0.0116. The molecule has 0 unspecified atom stereocenters. The Morgan fingerprint density at radius 1 is 1.04 bits per heavy atom. The molecular formula is C18H32FN3O3. The molecule has 0 radical (unpaired) electrons. The number of amides is 2. The number of carbonyl (C=O) groups is 2. The third-order valence-electron chi connectivity index (χ3n) is 4.45. The van der Waals surface area contributed by atoms with Crippen molar-refractivity contribution in [1.82, 2.24) is 14.7 Å². The number of nitrogens with zero attached hydrogens (tertiary/aromatic N) is 3. The summed E-state index contributed by atoms with van der Waals surface area (Å²) in [6, 6.07) is -0.431. The highest BCUT2D eigenvalue weighted by atomic mass is 19.1. The maximum absolute atomic E-state index is 13.8. The second kappa shape index (κ2) is 7.48. The fraction of sp³-hybridized carbons (Fsp3) is 0.889. The predicted octanol–water partition coefficient (Wildman–Crippen LogP) is 2.28. The number of likely N-dealkylation sites (tertiary alicyclic amines) is 1. The van der Waals surface area contributed by atoms with Crippen molar-refractivity contribution in [2.45, 2.75) is 64.8 Å². The SMILES string of the molecule is CC(C)(F)CN1CCN(C(=O)[C@@H]2CCCN2C(=O)OC(C)(C)C)CC1. The Labute approximate surface area is 150 Å². The number of hydrogen-bond acceptors (Lipinski definition) is 4. The molecule has 0 aromatic heterocycles. The van der Waals surface area contributed by atoms with Gasteiger partial charge in [-0.2, -0.15) is 0 Å². The van der Waals surface area contributed by atoms with Crippen LogP contribution in [0.3, 0.4) is 0 Å². The summed E-state index contributed by atoms with van der Waals surface area (Å²) in [6.45, 7) is 12.0. The minimum atomic E-state index is -1.23. The molecule has 2 rings (SSSR count). The molecule has 2 fully saturated rings. The molecule has 2 aliphatic rings.